The number of ether oxygens (including phenoxy) is 1. The SMILES string of the molecule is O=C(O)CCCCCC[C@@H]1[C@@H](CNC(=O)C(=O)Nc2ccccc2)[C@H]2CC[C@@H]1O2. The zero-order valence-electron chi connectivity index (χ0n) is 16.6. The van der Waals surface area contributed by atoms with Gasteiger partial charge in [-0.05, 0) is 43.7 Å². The number of para-hydroxylation sites is 1. The first kappa shape index (κ1) is 21.3. The van der Waals surface area contributed by atoms with Crippen LogP contribution < -0.4 is 10.6 Å². The number of hydrogen-bond acceptors (Lipinski definition) is 4. The van der Waals surface area contributed by atoms with Crippen molar-refractivity contribution in [3.63, 3.8) is 0 Å². The van der Waals surface area contributed by atoms with Gasteiger partial charge in [0.15, 0.2) is 0 Å². The van der Waals surface area contributed by atoms with Gasteiger partial charge in [-0.15, -0.1) is 0 Å². The topological polar surface area (TPSA) is 105 Å². The van der Waals surface area contributed by atoms with Crippen molar-refractivity contribution in [1.29, 1.82) is 0 Å². The molecule has 0 saturated carbocycles. The Kier molecular flexibility index (Phi) is 7.63. The number of anilines is 1. The third-order valence-corrected chi connectivity index (χ3v) is 6.00. The highest BCUT2D eigenvalue weighted by Gasteiger charge is 2.48. The van der Waals surface area contributed by atoms with E-state index in [1.807, 2.05) is 6.07 Å². The Labute approximate surface area is 171 Å². The van der Waals surface area contributed by atoms with Gasteiger partial charge >= 0.3 is 17.8 Å². The summed E-state index contributed by atoms with van der Waals surface area (Å²) in [6.45, 7) is 0.450. The molecule has 0 radical (unpaired) electrons. The quantitative estimate of drug-likeness (QED) is 0.412. The predicted octanol–water partition coefficient (Wildman–Crippen LogP) is 2.96. The lowest BCUT2D eigenvalue weighted by atomic mass is 9.76. The van der Waals surface area contributed by atoms with Crippen LogP contribution in [-0.4, -0.2) is 41.6 Å². The van der Waals surface area contributed by atoms with E-state index in [-0.39, 0.29) is 24.5 Å². The molecule has 29 heavy (non-hydrogen) atoms. The molecule has 2 fully saturated rings. The van der Waals surface area contributed by atoms with Crippen LogP contribution >= 0.6 is 0 Å². The van der Waals surface area contributed by atoms with Crippen molar-refractivity contribution < 1.29 is 24.2 Å². The summed E-state index contributed by atoms with van der Waals surface area (Å²) in [6, 6.07) is 8.92. The summed E-state index contributed by atoms with van der Waals surface area (Å²) in [5.41, 5.74) is 0.594. The van der Waals surface area contributed by atoms with Gasteiger partial charge < -0.3 is 20.5 Å². The zero-order valence-corrected chi connectivity index (χ0v) is 16.6. The van der Waals surface area contributed by atoms with E-state index in [0.717, 1.165) is 44.9 Å². The number of carboxylic acid groups (broad SMARTS) is 1. The summed E-state index contributed by atoms with van der Waals surface area (Å²) in [7, 11) is 0. The van der Waals surface area contributed by atoms with Crippen LogP contribution in [0, 0.1) is 11.8 Å². The second-order valence-corrected chi connectivity index (χ2v) is 7.99. The number of nitrogens with one attached hydrogen (secondary N) is 2. The van der Waals surface area contributed by atoms with Crippen molar-refractivity contribution in [3.8, 4) is 0 Å². The van der Waals surface area contributed by atoms with Crippen LogP contribution in [0.3, 0.4) is 0 Å². The molecule has 7 heteroatoms. The third kappa shape index (κ3) is 6.03. The highest BCUT2D eigenvalue weighted by molar-refractivity contribution is 6.39. The molecule has 0 unspecified atom stereocenters. The molecule has 2 heterocycles. The largest absolute Gasteiger partial charge is 0.481 e. The van der Waals surface area contributed by atoms with E-state index < -0.39 is 17.8 Å². The van der Waals surface area contributed by atoms with Crippen LogP contribution in [0.2, 0.25) is 0 Å². The van der Waals surface area contributed by atoms with Crippen molar-refractivity contribution in [1.82, 2.24) is 5.32 Å². The fourth-order valence-electron chi connectivity index (χ4n) is 4.56. The summed E-state index contributed by atoms with van der Waals surface area (Å²) in [4.78, 5) is 34.8. The van der Waals surface area contributed by atoms with E-state index >= 15 is 0 Å². The van der Waals surface area contributed by atoms with Crippen molar-refractivity contribution in [3.05, 3.63) is 30.3 Å². The van der Waals surface area contributed by atoms with Crippen molar-refractivity contribution >= 4 is 23.5 Å². The van der Waals surface area contributed by atoms with Crippen molar-refractivity contribution in [2.75, 3.05) is 11.9 Å². The Morgan fingerprint density at radius 3 is 2.34 bits per heavy atom. The molecular weight excluding hydrogens is 372 g/mol. The van der Waals surface area contributed by atoms with Gasteiger partial charge in [0.05, 0.1) is 12.2 Å². The normalized spacial score (nSPS) is 25.0. The van der Waals surface area contributed by atoms with E-state index in [0.29, 0.717) is 18.2 Å². The number of aliphatic carboxylic acids is 1. The van der Waals surface area contributed by atoms with E-state index in [9.17, 15) is 14.4 Å². The van der Waals surface area contributed by atoms with Crippen molar-refractivity contribution in [2.24, 2.45) is 11.8 Å². The number of carbonyl (C=O) groups excluding carboxylic acids is 2. The van der Waals surface area contributed by atoms with E-state index in [2.05, 4.69) is 10.6 Å². The van der Waals surface area contributed by atoms with Gasteiger partial charge in [-0.1, -0.05) is 37.5 Å². The maximum Gasteiger partial charge on any atom is 0.313 e. The van der Waals surface area contributed by atoms with Crippen LogP contribution in [0.25, 0.3) is 0 Å². The number of rotatable bonds is 10. The molecule has 2 aliphatic heterocycles. The molecule has 0 aliphatic carbocycles. The Morgan fingerprint density at radius 1 is 0.931 bits per heavy atom. The van der Waals surface area contributed by atoms with Crippen molar-refractivity contribution in [2.45, 2.75) is 63.6 Å². The number of hydrogen-bond donors (Lipinski definition) is 3. The van der Waals surface area contributed by atoms with Crippen LogP contribution in [0.5, 0.6) is 0 Å². The smallest absolute Gasteiger partial charge is 0.313 e. The average molecular weight is 402 g/mol. The van der Waals surface area contributed by atoms with E-state index in [1.54, 1.807) is 24.3 Å². The van der Waals surface area contributed by atoms with Crippen LogP contribution in [0.1, 0.15) is 51.4 Å². The van der Waals surface area contributed by atoms with Gasteiger partial charge in [-0.25, -0.2) is 0 Å². The average Bonchev–Trinajstić information content (AvgIpc) is 3.31. The molecule has 2 saturated heterocycles. The summed E-state index contributed by atoms with van der Waals surface area (Å²) in [6.07, 6.45) is 7.43. The minimum Gasteiger partial charge on any atom is -0.481 e. The monoisotopic (exact) mass is 402 g/mol. The first-order valence-electron chi connectivity index (χ1n) is 10.6. The fourth-order valence-corrected chi connectivity index (χ4v) is 4.56. The lowest BCUT2D eigenvalue weighted by molar-refractivity contribution is -0.137. The second kappa shape index (κ2) is 10.4. The van der Waals surface area contributed by atoms with Gasteiger partial charge in [0.2, 0.25) is 0 Å². The third-order valence-electron chi connectivity index (χ3n) is 6.00. The van der Waals surface area contributed by atoms with Crippen LogP contribution in [0.15, 0.2) is 30.3 Å². The van der Waals surface area contributed by atoms with E-state index in [4.69, 9.17) is 9.84 Å². The van der Waals surface area contributed by atoms with Gasteiger partial charge in [0.25, 0.3) is 0 Å². The predicted molar refractivity (Wildman–Crippen MR) is 108 cm³/mol. The summed E-state index contributed by atoms with van der Waals surface area (Å²) in [5, 5.41) is 14.1. The second-order valence-electron chi connectivity index (χ2n) is 7.99. The lowest BCUT2D eigenvalue weighted by Crippen LogP contribution is -2.42. The summed E-state index contributed by atoms with van der Waals surface area (Å²) >= 11 is 0. The number of fused-ring (bicyclic) bond motifs is 2. The molecule has 2 bridgehead atoms. The molecule has 3 N–H and O–H groups in total. The van der Waals surface area contributed by atoms with Crippen LogP contribution in [0.4, 0.5) is 5.69 Å². The van der Waals surface area contributed by atoms with Gasteiger partial charge in [0, 0.05) is 24.6 Å². The molecule has 1 aromatic carbocycles. The van der Waals surface area contributed by atoms with Gasteiger partial charge in [0.1, 0.15) is 0 Å². The number of amides is 2. The maximum atomic E-state index is 12.2. The maximum absolute atomic E-state index is 12.2. The van der Waals surface area contributed by atoms with Gasteiger partial charge in [-0.3, -0.25) is 14.4 Å². The molecule has 0 aromatic heterocycles. The molecule has 4 atom stereocenters. The molecule has 0 spiro atoms. The number of carbonyl (C=O) groups is 3. The number of carboxylic acids is 1. The van der Waals surface area contributed by atoms with Crippen LogP contribution in [-0.2, 0) is 19.1 Å². The molecular formula is C22H30N2O5. The molecule has 3 rings (SSSR count). The highest BCUT2D eigenvalue weighted by Crippen LogP contribution is 2.45. The Bertz CT molecular complexity index is 708. The standard InChI is InChI=1S/C22H30N2O5/c25-20(26)11-7-2-1-6-10-16-17(19-13-12-18(16)29-19)14-23-21(27)22(28)24-15-8-4-3-5-9-15/h3-5,8-9,16-19H,1-2,6-7,10-14H2,(H,23,27)(H,24,28)(H,25,26)/t16-,17-,18+,19-/m1/s1. The minimum absolute atomic E-state index is 0.162. The Balaban J connectivity index is 1.41. The first-order valence-corrected chi connectivity index (χ1v) is 10.6. The molecule has 2 aliphatic rings. The zero-order chi connectivity index (χ0) is 20.6. The first-order chi connectivity index (χ1) is 14.0. The molecule has 158 valence electrons. The lowest BCUT2D eigenvalue weighted by Gasteiger charge is -2.28. The minimum atomic E-state index is -0.737. The Morgan fingerprint density at radius 2 is 1.62 bits per heavy atom. The fraction of sp³-hybridized carbons (Fsp3) is 0.591. The number of benzene rings is 1. The summed E-state index contributed by atoms with van der Waals surface area (Å²) < 4.78 is 6.07. The molecule has 7 nitrogen and oxygen atoms in total. The van der Waals surface area contributed by atoms with E-state index in [1.165, 1.54) is 0 Å². The molecule has 2 amide bonds. The summed E-state index contributed by atoms with van der Waals surface area (Å²) in [5.74, 6) is -1.38. The molecule has 1 aromatic rings. The Hall–Kier alpha value is -2.41. The van der Waals surface area contributed by atoms with Gasteiger partial charge in [-0.2, -0.15) is 0 Å². The number of unbranched alkanes of at least 4 members (excludes halogenated alkanes) is 3. The highest BCUT2D eigenvalue weighted by atomic mass is 16.5.